The lowest BCUT2D eigenvalue weighted by atomic mass is 10.1. The average molecular weight is 442 g/mol. The molecule has 0 saturated carbocycles. The third-order valence-corrected chi connectivity index (χ3v) is 6.96. The van der Waals surface area contributed by atoms with Crippen molar-refractivity contribution in [2.45, 2.75) is 9.79 Å². The highest BCUT2D eigenvalue weighted by Gasteiger charge is 2.19. The molecule has 0 amide bonds. The summed E-state index contributed by atoms with van der Waals surface area (Å²) in [5, 5.41) is 17.5. The van der Waals surface area contributed by atoms with Gasteiger partial charge in [-0.05, 0) is 36.4 Å². The van der Waals surface area contributed by atoms with Gasteiger partial charge in [-0.25, -0.2) is 26.3 Å². The maximum atomic E-state index is 12.9. The predicted molar refractivity (Wildman–Crippen MR) is 105 cm³/mol. The van der Waals surface area contributed by atoms with Crippen LogP contribution >= 0.6 is 0 Å². The molecule has 3 aromatic rings. The van der Waals surface area contributed by atoms with Gasteiger partial charge in [0.1, 0.15) is 11.2 Å². The van der Waals surface area contributed by atoms with Gasteiger partial charge in [0.2, 0.25) is 25.5 Å². The molecule has 0 aliphatic heterocycles. The first-order valence-electron chi connectivity index (χ1n) is 8.41. The summed E-state index contributed by atoms with van der Waals surface area (Å²) in [4.78, 5) is 12.5. The van der Waals surface area contributed by atoms with Gasteiger partial charge in [-0.15, -0.1) is 0 Å². The van der Waals surface area contributed by atoms with E-state index in [1.165, 1.54) is 24.3 Å². The Hall–Kier alpha value is -2.35. The molecule has 29 heavy (non-hydrogen) atoms. The highest BCUT2D eigenvalue weighted by atomic mass is 32.2. The summed E-state index contributed by atoms with van der Waals surface area (Å²) in [6, 6.07) is 7.44. The Morgan fingerprint density at radius 1 is 0.759 bits per heavy atom. The molecule has 0 radical (unpaired) electrons. The summed E-state index contributed by atoms with van der Waals surface area (Å²) in [6.07, 6.45) is 0. The van der Waals surface area contributed by atoms with E-state index in [1.807, 2.05) is 0 Å². The van der Waals surface area contributed by atoms with Crippen LogP contribution in [0.25, 0.3) is 21.9 Å². The summed E-state index contributed by atoms with van der Waals surface area (Å²) in [5.74, 6) is 0. The Labute approximate surface area is 165 Å². The molecular weight excluding hydrogens is 424 g/mol. The standard InChI is InChI=1S/C17H18N2O8S2/c20-7-5-18-28(23,24)11-1-3-15-13(9-11)17(22)14-10-12(2-4-16(14)27-15)29(25,26)19-6-8-21/h1-4,9-10,18-21H,5-8H2. The van der Waals surface area contributed by atoms with E-state index in [0.717, 1.165) is 12.1 Å². The quantitative estimate of drug-likeness (QED) is 0.339. The lowest BCUT2D eigenvalue weighted by molar-refractivity contribution is 0.300. The van der Waals surface area contributed by atoms with Gasteiger partial charge in [-0.1, -0.05) is 0 Å². The second kappa shape index (κ2) is 8.18. The van der Waals surface area contributed by atoms with E-state index in [4.69, 9.17) is 14.6 Å². The molecule has 0 fully saturated rings. The molecule has 0 aliphatic rings. The van der Waals surface area contributed by atoms with Crippen molar-refractivity contribution < 1.29 is 31.5 Å². The van der Waals surface area contributed by atoms with E-state index in [9.17, 15) is 21.6 Å². The minimum Gasteiger partial charge on any atom is -0.456 e. The van der Waals surface area contributed by atoms with Crippen LogP contribution in [0.1, 0.15) is 0 Å². The highest BCUT2D eigenvalue weighted by Crippen LogP contribution is 2.23. The first-order chi connectivity index (χ1) is 13.7. The molecule has 10 nitrogen and oxygen atoms in total. The highest BCUT2D eigenvalue weighted by molar-refractivity contribution is 7.89. The zero-order chi connectivity index (χ0) is 21.2. The molecule has 0 aliphatic carbocycles. The van der Waals surface area contributed by atoms with Crippen molar-refractivity contribution in [1.29, 1.82) is 0 Å². The van der Waals surface area contributed by atoms with Crippen LogP contribution in [0.5, 0.6) is 0 Å². The smallest absolute Gasteiger partial charge is 0.240 e. The zero-order valence-electron chi connectivity index (χ0n) is 15.0. The molecule has 0 atom stereocenters. The largest absolute Gasteiger partial charge is 0.456 e. The summed E-state index contributed by atoms with van der Waals surface area (Å²) >= 11 is 0. The van der Waals surface area contributed by atoms with Gasteiger partial charge >= 0.3 is 0 Å². The fourth-order valence-electron chi connectivity index (χ4n) is 2.68. The zero-order valence-corrected chi connectivity index (χ0v) is 16.6. The van der Waals surface area contributed by atoms with Crippen LogP contribution in [0.15, 0.2) is 55.4 Å². The molecule has 12 heteroatoms. The number of rotatable bonds is 8. The molecular formula is C17H18N2O8S2. The van der Waals surface area contributed by atoms with Crippen LogP contribution in [0.2, 0.25) is 0 Å². The van der Waals surface area contributed by atoms with Crippen molar-refractivity contribution in [3.8, 4) is 0 Å². The predicted octanol–water partition coefficient (Wildman–Crippen LogP) is -0.513. The van der Waals surface area contributed by atoms with Crippen LogP contribution in [0.4, 0.5) is 0 Å². The third kappa shape index (κ3) is 4.32. The normalized spacial score (nSPS) is 12.6. The molecule has 156 valence electrons. The van der Waals surface area contributed by atoms with Gasteiger partial charge in [0.15, 0.2) is 0 Å². The van der Waals surface area contributed by atoms with E-state index in [0.29, 0.717) is 0 Å². The minimum atomic E-state index is -3.95. The van der Waals surface area contributed by atoms with Crippen LogP contribution in [0, 0.1) is 0 Å². The van der Waals surface area contributed by atoms with Gasteiger partial charge in [0, 0.05) is 13.1 Å². The number of nitrogens with one attached hydrogen (secondary N) is 2. The van der Waals surface area contributed by atoms with Crippen LogP contribution in [-0.4, -0.2) is 53.4 Å². The van der Waals surface area contributed by atoms with Crippen LogP contribution in [0.3, 0.4) is 0 Å². The maximum absolute atomic E-state index is 12.9. The van der Waals surface area contributed by atoms with Crippen molar-refractivity contribution in [3.63, 3.8) is 0 Å². The number of aliphatic hydroxyl groups is 2. The van der Waals surface area contributed by atoms with Crippen LogP contribution < -0.4 is 14.9 Å². The van der Waals surface area contributed by atoms with Crippen molar-refractivity contribution >= 4 is 42.0 Å². The SMILES string of the molecule is O=c1c2cc(S(=O)(=O)NCCO)ccc2oc2ccc(S(=O)(=O)NCCO)cc12. The molecule has 0 unspecified atom stereocenters. The Kier molecular flexibility index (Phi) is 6.03. The number of aliphatic hydroxyl groups excluding tert-OH is 2. The van der Waals surface area contributed by atoms with Gasteiger partial charge in [-0.3, -0.25) is 4.79 Å². The summed E-state index contributed by atoms with van der Waals surface area (Å²) < 4.78 is 58.9. The fourth-order valence-corrected chi connectivity index (χ4v) is 4.77. The average Bonchev–Trinajstić information content (AvgIpc) is 2.70. The van der Waals surface area contributed by atoms with E-state index >= 15 is 0 Å². The van der Waals surface area contributed by atoms with Crippen molar-refractivity contribution in [2.75, 3.05) is 26.3 Å². The summed E-state index contributed by atoms with van der Waals surface area (Å²) in [7, 11) is -7.89. The van der Waals surface area contributed by atoms with E-state index < -0.39 is 25.5 Å². The maximum Gasteiger partial charge on any atom is 0.240 e. The first-order valence-corrected chi connectivity index (χ1v) is 11.4. The molecule has 0 saturated heterocycles. The number of hydrogen-bond acceptors (Lipinski definition) is 8. The topological polar surface area (TPSA) is 163 Å². The Balaban J connectivity index is 2.18. The molecule has 1 aromatic heterocycles. The van der Waals surface area contributed by atoms with Gasteiger partial charge in [0.05, 0.1) is 33.8 Å². The molecule has 4 N–H and O–H groups in total. The second-order valence-corrected chi connectivity index (χ2v) is 9.52. The first kappa shape index (κ1) is 21.4. The number of hydrogen-bond donors (Lipinski definition) is 4. The third-order valence-electron chi connectivity index (χ3n) is 4.04. The summed E-state index contributed by atoms with van der Waals surface area (Å²) in [5.41, 5.74) is -0.324. The van der Waals surface area contributed by atoms with Crippen molar-refractivity contribution in [3.05, 3.63) is 46.6 Å². The van der Waals surface area contributed by atoms with Crippen LogP contribution in [-0.2, 0) is 20.0 Å². The van der Waals surface area contributed by atoms with Crippen molar-refractivity contribution in [1.82, 2.24) is 9.44 Å². The Morgan fingerprint density at radius 2 is 1.17 bits per heavy atom. The van der Waals surface area contributed by atoms with Gasteiger partial charge in [-0.2, -0.15) is 0 Å². The minimum absolute atomic E-state index is 0.0396. The number of benzene rings is 2. The van der Waals surface area contributed by atoms with E-state index in [2.05, 4.69) is 9.44 Å². The fraction of sp³-hybridized carbons (Fsp3) is 0.235. The molecule has 2 aromatic carbocycles. The molecule has 3 rings (SSSR count). The van der Waals surface area contributed by atoms with E-state index in [-0.39, 0.29) is 58.0 Å². The molecule has 1 heterocycles. The van der Waals surface area contributed by atoms with Gasteiger partial charge in [0.25, 0.3) is 0 Å². The van der Waals surface area contributed by atoms with E-state index in [1.54, 1.807) is 0 Å². The Bertz CT molecular complexity index is 1230. The molecule has 0 bridgehead atoms. The molecule has 0 spiro atoms. The lowest BCUT2D eigenvalue weighted by Crippen LogP contribution is -2.27. The number of sulfonamides is 2. The second-order valence-electron chi connectivity index (χ2n) is 5.99. The summed E-state index contributed by atoms with van der Waals surface area (Å²) in [6.45, 7) is -1.15. The Morgan fingerprint density at radius 3 is 1.55 bits per heavy atom. The monoisotopic (exact) mass is 442 g/mol. The van der Waals surface area contributed by atoms with Crippen molar-refractivity contribution in [2.24, 2.45) is 0 Å². The van der Waals surface area contributed by atoms with Gasteiger partial charge < -0.3 is 14.6 Å². The number of fused-ring (bicyclic) bond motifs is 2. The lowest BCUT2D eigenvalue weighted by Gasteiger charge is -2.08.